The second-order valence-corrected chi connectivity index (χ2v) is 5.09. The largest absolute Gasteiger partial charge is 0.368 e. The minimum atomic E-state index is 0.377. The van der Waals surface area contributed by atoms with Gasteiger partial charge in [0.1, 0.15) is 0 Å². The number of hydrogen-bond donors (Lipinski definition) is 2. The molecule has 0 aromatic carbocycles. The van der Waals surface area contributed by atoms with Crippen molar-refractivity contribution in [1.82, 2.24) is 14.8 Å². The molecule has 1 fully saturated rings. The van der Waals surface area contributed by atoms with E-state index in [2.05, 4.69) is 36.2 Å². The van der Waals surface area contributed by atoms with E-state index < -0.39 is 0 Å². The normalized spacial score (nSPS) is 17.8. The summed E-state index contributed by atoms with van der Waals surface area (Å²) in [6.07, 6.45) is 2.57. The predicted octanol–water partition coefficient (Wildman–Crippen LogP) is 1.90. The van der Waals surface area contributed by atoms with Crippen LogP contribution in [0.25, 0.3) is 0 Å². The summed E-state index contributed by atoms with van der Waals surface area (Å²) in [6.45, 7) is 7.34. The third-order valence-electron chi connectivity index (χ3n) is 3.02. The molecule has 3 N–H and O–H groups in total. The van der Waals surface area contributed by atoms with E-state index in [1.54, 1.807) is 0 Å². The molecule has 0 amide bonds. The van der Waals surface area contributed by atoms with Crippen molar-refractivity contribution in [2.75, 3.05) is 17.6 Å². The van der Waals surface area contributed by atoms with Gasteiger partial charge in [-0.3, -0.25) is 0 Å². The Morgan fingerprint density at radius 2 is 2.12 bits per heavy atom. The number of nitrogens with zero attached hydrogens (tertiary/aromatic N) is 3. The zero-order valence-electron chi connectivity index (χ0n) is 10.3. The Kier molecular flexibility index (Phi) is 3.03. The molecule has 1 unspecified atom stereocenters. The van der Waals surface area contributed by atoms with Crippen molar-refractivity contribution in [2.45, 2.75) is 39.7 Å². The van der Waals surface area contributed by atoms with E-state index in [4.69, 9.17) is 5.73 Å². The lowest BCUT2D eigenvalue weighted by Crippen LogP contribution is -2.13. The van der Waals surface area contributed by atoms with E-state index in [9.17, 15) is 0 Å². The standard InChI is InChI=1S/C11H21N5/c1-7(2)6-13-11-14-10(12)16(15-11)8(3)9-4-5-9/h7-9H,4-6H2,1-3H3,(H3,12,13,14,15). The van der Waals surface area contributed by atoms with E-state index in [-0.39, 0.29) is 0 Å². The van der Waals surface area contributed by atoms with Crippen LogP contribution in [0.1, 0.15) is 39.7 Å². The molecule has 1 saturated carbocycles. The summed E-state index contributed by atoms with van der Waals surface area (Å²) in [5, 5.41) is 7.61. The zero-order valence-corrected chi connectivity index (χ0v) is 10.3. The minimum absolute atomic E-state index is 0.377. The van der Waals surface area contributed by atoms with Crippen LogP contribution in [-0.2, 0) is 0 Å². The van der Waals surface area contributed by atoms with Crippen LogP contribution in [0.3, 0.4) is 0 Å². The van der Waals surface area contributed by atoms with Crippen molar-refractivity contribution in [3.8, 4) is 0 Å². The van der Waals surface area contributed by atoms with Crippen LogP contribution < -0.4 is 11.1 Å². The first-order valence-corrected chi connectivity index (χ1v) is 6.03. The summed E-state index contributed by atoms with van der Waals surface area (Å²) in [5.74, 6) is 2.49. The van der Waals surface area contributed by atoms with Gasteiger partial charge in [0.05, 0.1) is 6.04 Å². The maximum atomic E-state index is 5.86. The number of hydrogen-bond acceptors (Lipinski definition) is 4. The monoisotopic (exact) mass is 223 g/mol. The quantitative estimate of drug-likeness (QED) is 0.800. The van der Waals surface area contributed by atoms with E-state index in [0.717, 1.165) is 12.5 Å². The van der Waals surface area contributed by atoms with Crippen LogP contribution in [0.15, 0.2) is 0 Å². The lowest BCUT2D eigenvalue weighted by atomic mass is 10.2. The Morgan fingerprint density at radius 1 is 1.44 bits per heavy atom. The van der Waals surface area contributed by atoms with Crippen molar-refractivity contribution < 1.29 is 0 Å². The molecule has 5 heteroatoms. The molecule has 0 spiro atoms. The average molecular weight is 223 g/mol. The molecule has 0 saturated heterocycles. The molecule has 1 aliphatic carbocycles. The highest BCUT2D eigenvalue weighted by atomic mass is 15.4. The summed E-state index contributed by atoms with van der Waals surface area (Å²) in [7, 11) is 0. The number of nitrogens with two attached hydrogens (primary N) is 1. The maximum absolute atomic E-state index is 5.86. The molecular weight excluding hydrogens is 202 g/mol. The van der Waals surface area contributed by atoms with E-state index in [0.29, 0.717) is 23.9 Å². The van der Waals surface area contributed by atoms with Crippen molar-refractivity contribution in [3.63, 3.8) is 0 Å². The molecule has 0 aliphatic heterocycles. The van der Waals surface area contributed by atoms with Crippen LogP contribution in [0, 0.1) is 11.8 Å². The first kappa shape index (κ1) is 11.2. The van der Waals surface area contributed by atoms with Crippen LogP contribution in [0.4, 0.5) is 11.9 Å². The number of aromatic nitrogens is 3. The third-order valence-corrected chi connectivity index (χ3v) is 3.02. The first-order valence-electron chi connectivity index (χ1n) is 6.03. The van der Waals surface area contributed by atoms with Gasteiger partial charge in [0.15, 0.2) is 0 Å². The van der Waals surface area contributed by atoms with Gasteiger partial charge in [-0.25, -0.2) is 4.68 Å². The van der Waals surface area contributed by atoms with Gasteiger partial charge < -0.3 is 11.1 Å². The molecule has 1 aromatic heterocycles. The lowest BCUT2D eigenvalue weighted by Gasteiger charge is -2.10. The van der Waals surface area contributed by atoms with E-state index in [1.807, 2.05) is 4.68 Å². The van der Waals surface area contributed by atoms with Gasteiger partial charge in [0.25, 0.3) is 0 Å². The van der Waals surface area contributed by atoms with Gasteiger partial charge in [-0.05, 0) is 31.6 Å². The van der Waals surface area contributed by atoms with Gasteiger partial charge in [0.2, 0.25) is 11.9 Å². The Labute approximate surface area is 96.4 Å². The van der Waals surface area contributed by atoms with Gasteiger partial charge in [-0.1, -0.05) is 13.8 Å². The Balaban J connectivity index is 2.02. The molecule has 1 atom stereocenters. The molecule has 0 radical (unpaired) electrons. The third kappa shape index (κ3) is 2.46. The van der Waals surface area contributed by atoms with Crippen LogP contribution in [-0.4, -0.2) is 21.3 Å². The topological polar surface area (TPSA) is 68.8 Å². The van der Waals surface area contributed by atoms with Gasteiger partial charge in [0, 0.05) is 6.54 Å². The van der Waals surface area contributed by atoms with Crippen molar-refractivity contribution in [2.24, 2.45) is 11.8 Å². The second-order valence-electron chi connectivity index (χ2n) is 5.09. The number of nitrogen functional groups attached to an aromatic ring is 1. The smallest absolute Gasteiger partial charge is 0.243 e. The predicted molar refractivity (Wildman–Crippen MR) is 65.2 cm³/mol. The fraction of sp³-hybridized carbons (Fsp3) is 0.818. The summed E-state index contributed by atoms with van der Waals surface area (Å²) < 4.78 is 1.85. The molecule has 1 aromatic rings. The van der Waals surface area contributed by atoms with E-state index >= 15 is 0 Å². The SMILES string of the molecule is CC(C)CNc1nc(N)n(C(C)C2CC2)n1. The Bertz CT molecular complexity index is 353. The van der Waals surface area contributed by atoms with Gasteiger partial charge in [-0.15, -0.1) is 5.10 Å². The zero-order chi connectivity index (χ0) is 11.7. The van der Waals surface area contributed by atoms with Gasteiger partial charge in [-0.2, -0.15) is 4.98 Å². The lowest BCUT2D eigenvalue weighted by molar-refractivity contribution is 0.446. The molecule has 0 bridgehead atoms. The Hall–Kier alpha value is -1.26. The summed E-state index contributed by atoms with van der Waals surface area (Å²) in [5.41, 5.74) is 5.86. The highest BCUT2D eigenvalue weighted by Gasteiger charge is 2.31. The number of nitrogens with one attached hydrogen (secondary N) is 1. The number of rotatable bonds is 5. The van der Waals surface area contributed by atoms with Crippen molar-refractivity contribution >= 4 is 11.9 Å². The fourth-order valence-corrected chi connectivity index (χ4v) is 1.78. The Morgan fingerprint density at radius 3 is 2.69 bits per heavy atom. The molecule has 2 rings (SSSR count). The van der Waals surface area contributed by atoms with Gasteiger partial charge >= 0.3 is 0 Å². The van der Waals surface area contributed by atoms with Crippen LogP contribution >= 0.6 is 0 Å². The van der Waals surface area contributed by atoms with E-state index in [1.165, 1.54) is 12.8 Å². The second kappa shape index (κ2) is 4.31. The number of anilines is 2. The highest BCUT2D eigenvalue weighted by molar-refractivity contribution is 5.31. The molecule has 1 aliphatic rings. The maximum Gasteiger partial charge on any atom is 0.243 e. The molecule has 5 nitrogen and oxygen atoms in total. The molecule has 90 valence electrons. The highest BCUT2D eigenvalue weighted by Crippen LogP contribution is 2.39. The molecule has 1 heterocycles. The minimum Gasteiger partial charge on any atom is -0.368 e. The summed E-state index contributed by atoms with van der Waals surface area (Å²) in [4.78, 5) is 4.23. The first-order chi connectivity index (χ1) is 7.58. The van der Waals surface area contributed by atoms with Crippen LogP contribution in [0.2, 0.25) is 0 Å². The summed E-state index contributed by atoms with van der Waals surface area (Å²) >= 11 is 0. The van der Waals surface area contributed by atoms with Crippen molar-refractivity contribution in [3.05, 3.63) is 0 Å². The molecule has 16 heavy (non-hydrogen) atoms. The summed E-state index contributed by atoms with van der Waals surface area (Å²) in [6, 6.07) is 0.377. The molecular formula is C11H21N5. The average Bonchev–Trinajstić information content (AvgIpc) is 2.99. The van der Waals surface area contributed by atoms with Crippen LogP contribution in [0.5, 0.6) is 0 Å². The van der Waals surface area contributed by atoms with Crippen molar-refractivity contribution in [1.29, 1.82) is 0 Å². The fourth-order valence-electron chi connectivity index (χ4n) is 1.78.